The Balaban J connectivity index is 2.45. The first-order chi connectivity index (χ1) is 4.67. The molecule has 0 spiro atoms. The molecule has 0 bridgehead atoms. The standard InChI is InChI=1S/C9H19S/c1-4-9(2,3)10-7-5-6-8-10/h4-8H2,1-3H3/q+1. The van der Waals surface area contributed by atoms with Gasteiger partial charge in [-0.2, -0.15) is 0 Å². The Morgan fingerprint density at radius 2 is 1.70 bits per heavy atom. The number of hydrogen-bond acceptors (Lipinski definition) is 0. The van der Waals surface area contributed by atoms with Gasteiger partial charge in [0, 0.05) is 0 Å². The normalized spacial score (nSPS) is 21.9. The van der Waals surface area contributed by atoms with Crippen molar-refractivity contribution in [3.8, 4) is 0 Å². The Kier molecular flexibility index (Phi) is 2.67. The minimum atomic E-state index is 0.649. The summed E-state index contributed by atoms with van der Waals surface area (Å²) in [7, 11) is 0.762. The number of hydrogen-bond donors (Lipinski definition) is 0. The van der Waals surface area contributed by atoms with Crippen LogP contribution in [-0.2, 0) is 10.9 Å². The average molecular weight is 159 g/mol. The van der Waals surface area contributed by atoms with Crippen molar-refractivity contribution in [3.63, 3.8) is 0 Å². The van der Waals surface area contributed by atoms with Crippen molar-refractivity contribution in [2.24, 2.45) is 0 Å². The predicted molar refractivity (Wildman–Crippen MR) is 50.7 cm³/mol. The fraction of sp³-hybridized carbons (Fsp3) is 1.00. The zero-order chi connectivity index (χ0) is 7.61. The van der Waals surface area contributed by atoms with Crippen LogP contribution in [0.25, 0.3) is 0 Å². The summed E-state index contributed by atoms with van der Waals surface area (Å²) >= 11 is 0. The van der Waals surface area contributed by atoms with Crippen LogP contribution in [0.4, 0.5) is 0 Å². The molecule has 1 heterocycles. The first-order valence-electron chi connectivity index (χ1n) is 4.34. The number of rotatable bonds is 2. The van der Waals surface area contributed by atoms with E-state index in [1.807, 2.05) is 0 Å². The van der Waals surface area contributed by atoms with Crippen LogP contribution in [0.3, 0.4) is 0 Å². The maximum Gasteiger partial charge on any atom is 0.122 e. The molecule has 0 amide bonds. The monoisotopic (exact) mass is 159 g/mol. The van der Waals surface area contributed by atoms with Crippen LogP contribution in [0.15, 0.2) is 0 Å². The molecule has 1 rings (SSSR count). The first kappa shape index (κ1) is 8.45. The van der Waals surface area contributed by atoms with Gasteiger partial charge in [-0.1, -0.05) is 6.92 Å². The van der Waals surface area contributed by atoms with Gasteiger partial charge in [0.2, 0.25) is 0 Å². The summed E-state index contributed by atoms with van der Waals surface area (Å²) in [5.41, 5.74) is 0. The lowest BCUT2D eigenvalue weighted by Crippen LogP contribution is -2.32. The van der Waals surface area contributed by atoms with Crippen LogP contribution >= 0.6 is 0 Å². The second kappa shape index (κ2) is 3.17. The van der Waals surface area contributed by atoms with E-state index in [2.05, 4.69) is 20.8 Å². The lowest BCUT2D eigenvalue weighted by Gasteiger charge is -2.20. The largest absolute Gasteiger partial charge is 0.122 e. The fourth-order valence-corrected chi connectivity index (χ4v) is 4.23. The summed E-state index contributed by atoms with van der Waals surface area (Å²) in [4.78, 5) is 0. The first-order valence-corrected chi connectivity index (χ1v) is 5.91. The molecule has 1 fully saturated rings. The smallest absolute Gasteiger partial charge is 0.0604 e. The van der Waals surface area contributed by atoms with Crippen molar-refractivity contribution in [2.45, 2.75) is 44.8 Å². The quantitative estimate of drug-likeness (QED) is 0.543. The maximum absolute atomic E-state index is 2.43. The molecule has 0 nitrogen and oxygen atoms in total. The zero-order valence-corrected chi connectivity index (χ0v) is 8.26. The van der Waals surface area contributed by atoms with Crippen molar-refractivity contribution in [1.82, 2.24) is 0 Å². The minimum absolute atomic E-state index is 0.649. The van der Waals surface area contributed by atoms with Crippen LogP contribution in [-0.4, -0.2) is 16.3 Å². The SMILES string of the molecule is CCC(C)(C)[S+]1CCCC1. The Hall–Kier alpha value is 0.350. The van der Waals surface area contributed by atoms with Gasteiger partial charge in [-0.25, -0.2) is 0 Å². The molecule has 10 heavy (non-hydrogen) atoms. The van der Waals surface area contributed by atoms with E-state index >= 15 is 0 Å². The highest BCUT2D eigenvalue weighted by Gasteiger charge is 2.38. The van der Waals surface area contributed by atoms with Crippen LogP contribution in [0.1, 0.15) is 40.0 Å². The van der Waals surface area contributed by atoms with Gasteiger partial charge in [-0.3, -0.25) is 0 Å². The summed E-state index contributed by atoms with van der Waals surface area (Å²) in [6.45, 7) is 7.19. The molecule has 0 radical (unpaired) electrons. The van der Waals surface area contributed by atoms with Crippen LogP contribution < -0.4 is 0 Å². The molecule has 0 aromatic rings. The molecular weight excluding hydrogens is 140 g/mol. The van der Waals surface area contributed by atoms with Gasteiger partial charge >= 0.3 is 0 Å². The van der Waals surface area contributed by atoms with Gasteiger partial charge in [0.25, 0.3) is 0 Å². The van der Waals surface area contributed by atoms with E-state index in [9.17, 15) is 0 Å². The lowest BCUT2D eigenvalue weighted by molar-refractivity contribution is 0.676. The third kappa shape index (κ3) is 1.69. The summed E-state index contributed by atoms with van der Waals surface area (Å²) in [6.07, 6.45) is 4.34. The van der Waals surface area contributed by atoms with E-state index in [0.717, 1.165) is 10.9 Å². The molecule has 1 saturated heterocycles. The highest BCUT2D eigenvalue weighted by molar-refractivity contribution is 7.98. The Labute approximate surface area is 67.7 Å². The van der Waals surface area contributed by atoms with Crippen molar-refractivity contribution in [1.29, 1.82) is 0 Å². The topological polar surface area (TPSA) is 0 Å². The Morgan fingerprint density at radius 3 is 2.10 bits per heavy atom. The molecular formula is C9H19S+. The van der Waals surface area contributed by atoms with Crippen molar-refractivity contribution in [2.75, 3.05) is 11.5 Å². The van der Waals surface area contributed by atoms with Gasteiger partial charge in [-0.15, -0.1) is 0 Å². The predicted octanol–water partition coefficient (Wildman–Crippen LogP) is 2.59. The summed E-state index contributed by atoms with van der Waals surface area (Å²) < 4.78 is 0.649. The van der Waals surface area contributed by atoms with E-state index in [4.69, 9.17) is 0 Å². The van der Waals surface area contributed by atoms with Gasteiger partial charge in [-0.05, 0) is 44.0 Å². The van der Waals surface area contributed by atoms with Gasteiger partial charge in [0.05, 0.1) is 0 Å². The average Bonchev–Trinajstić information content (AvgIpc) is 2.38. The van der Waals surface area contributed by atoms with Crippen LogP contribution in [0.5, 0.6) is 0 Å². The molecule has 0 saturated carbocycles. The molecule has 0 N–H and O–H groups in total. The van der Waals surface area contributed by atoms with Crippen molar-refractivity contribution >= 4 is 10.9 Å². The molecule has 0 atom stereocenters. The molecule has 1 aliphatic rings. The Bertz CT molecular complexity index is 101. The van der Waals surface area contributed by atoms with E-state index < -0.39 is 0 Å². The minimum Gasteiger partial charge on any atom is -0.0604 e. The molecule has 60 valence electrons. The summed E-state index contributed by atoms with van der Waals surface area (Å²) in [5.74, 6) is 3.03. The molecule has 0 unspecified atom stereocenters. The van der Waals surface area contributed by atoms with Crippen molar-refractivity contribution in [3.05, 3.63) is 0 Å². The second-order valence-corrected chi connectivity index (χ2v) is 6.63. The van der Waals surface area contributed by atoms with Gasteiger partial charge in [0.15, 0.2) is 0 Å². The molecule has 0 aromatic heterocycles. The third-order valence-corrected chi connectivity index (χ3v) is 6.08. The fourth-order valence-electron chi connectivity index (χ4n) is 1.41. The molecule has 1 aliphatic heterocycles. The second-order valence-electron chi connectivity index (χ2n) is 3.72. The summed E-state index contributed by atoms with van der Waals surface area (Å²) in [6, 6.07) is 0. The highest BCUT2D eigenvalue weighted by Crippen LogP contribution is 2.29. The zero-order valence-electron chi connectivity index (χ0n) is 7.44. The van der Waals surface area contributed by atoms with Crippen LogP contribution in [0.2, 0.25) is 0 Å². The highest BCUT2D eigenvalue weighted by atomic mass is 32.2. The van der Waals surface area contributed by atoms with E-state index in [1.54, 1.807) is 0 Å². The summed E-state index contributed by atoms with van der Waals surface area (Å²) in [5, 5.41) is 0. The van der Waals surface area contributed by atoms with Gasteiger partial charge in [0.1, 0.15) is 16.3 Å². The van der Waals surface area contributed by atoms with E-state index in [1.165, 1.54) is 30.8 Å². The Morgan fingerprint density at radius 1 is 1.20 bits per heavy atom. The third-order valence-electron chi connectivity index (χ3n) is 2.66. The molecule has 1 heteroatoms. The van der Waals surface area contributed by atoms with E-state index in [0.29, 0.717) is 4.75 Å². The van der Waals surface area contributed by atoms with Crippen molar-refractivity contribution < 1.29 is 0 Å². The van der Waals surface area contributed by atoms with Gasteiger partial charge < -0.3 is 0 Å². The maximum atomic E-state index is 2.43. The van der Waals surface area contributed by atoms with Crippen LogP contribution in [0, 0.1) is 0 Å². The molecule has 0 aromatic carbocycles. The van der Waals surface area contributed by atoms with E-state index in [-0.39, 0.29) is 0 Å². The molecule has 0 aliphatic carbocycles. The lowest BCUT2D eigenvalue weighted by atomic mass is 10.1.